The van der Waals surface area contributed by atoms with Gasteiger partial charge in [0.15, 0.2) is 0 Å². The van der Waals surface area contributed by atoms with E-state index < -0.39 is 10.9 Å². The Hall–Kier alpha value is -2.08. The van der Waals surface area contributed by atoms with Gasteiger partial charge in [0.25, 0.3) is 5.69 Å². The lowest BCUT2D eigenvalue weighted by molar-refractivity contribution is -0.384. The quantitative estimate of drug-likeness (QED) is 0.493. The Labute approximate surface area is 114 Å². The number of nitro groups is 1. The lowest BCUT2D eigenvalue weighted by Crippen LogP contribution is -2.03. The average molecular weight is 286 g/mol. The van der Waals surface area contributed by atoms with Crippen LogP contribution in [0.1, 0.15) is 13.3 Å². The fourth-order valence-electron chi connectivity index (χ4n) is 1.34. The summed E-state index contributed by atoms with van der Waals surface area (Å²) in [6.45, 7) is 1.76. The van der Waals surface area contributed by atoms with Crippen LogP contribution in [0.2, 0.25) is 5.02 Å². The van der Waals surface area contributed by atoms with Gasteiger partial charge in [-0.05, 0) is 18.6 Å². The molecule has 0 atom stereocenters. The minimum Gasteiger partial charge on any atom is -0.488 e. The largest absolute Gasteiger partial charge is 0.488 e. The molecule has 0 fully saturated rings. The first-order chi connectivity index (χ1) is 8.95. The smallest absolute Gasteiger partial charge is 0.331 e. The molecule has 0 radical (unpaired) electrons. The zero-order valence-electron chi connectivity index (χ0n) is 10.1. The molecule has 0 unspecified atom stereocenters. The summed E-state index contributed by atoms with van der Waals surface area (Å²) in [6, 6.07) is 3.82. The van der Waals surface area contributed by atoms with Crippen LogP contribution < -0.4 is 4.74 Å². The summed E-state index contributed by atoms with van der Waals surface area (Å²) in [7, 11) is 0. The van der Waals surface area contributed by atoms with Crippen molar-refractivity contribution in [1.82, 2.24) is 0 Å². The summed E-state index contributed by atoms with van der Waals surface area (Å²) in [5.74, 6) is -0.731. The van der Waals surface area contributed by atoms with Crippen molar-refractivity contribution in [2.24, 2.45) is 0 Å². The van der Waals surface area contributed by atoms with Crippen LogP contribution in [0.5, 0.6) is 5.75 Å². The molecule has 0 aromatic heterocycles. The van der Waals surface area contributed by atoms with E-state index in [9.17, 15) is 14.9 Å². The minimum atomic E-state index is -0.999. The van der Waals surface area contributed by atoms with E-state index >= 15 is 0 Å². The zero-order chi connectivity index (χ0) is 14.4. The lowest BCUT2D eigenvalue weighted by Gasteiger charge is -2.06. The van der Waals surface area contributed by atoms with E-state index in [1.165, 1.54) is 24.3 Å². The number of carboxylic acid groups (broad SMARTS) is 1. The Bertz CT molecular complexity index is 527. The van der Waals surface area contributed by atoms with E-state index in [0.717, 1.165) is 0 Å². The first-order valence-electron chi connectivity index (χ1n) is 5.44. The monoisotopic (exact) mass is 285 g/mol. The number of aliphatic carboxylic acids is 1. The molecule has 0 saturated carbocycles. The number of non-ortho nitro benzene ring substituents is 1. The SMILES string of the molecule is CCC(=CCOc1ccc([N+](=O)[O-])cc1Cl)C(=O)O. The number of halogens is 1. The number of carboxylic acids is 1. The first-order valence-corrected chi connectivity index (χ1v) is 5.82. The van der Waals surface area contributed by atoms with Gasteiger partial charge in [0.1, 0.15) is 12.4 Å². The Balaban J connectivity index is 2.74. The highest BCUT2D eigenvalue weighted by Gasteiger charge is 2.10. The van der Waals surface area contributed by atoms with Crippen LogP contribution in [0.15, 0.2) is 29.8 Å². The Morgan fingerprint density at radius 3 is 2.74 bits per heavy atom. The number of nitrogens with zero attached hydrogens (tertiary/aromatic N) is 1. The van der Waals surface area contributed by atoms with Crippen molar-refractivity contribution >= 4 is 23.3 Å². The van der Waals surface area contributed by atoms with E-state index in [1.54, 1.807) is 6.92 Å². The van der Waals surface area contributed by atoms with E-state index in [4.69, 9.17) is 21.4 Å². The maximum Gasteiger partial charge on any atom is 0.331 e. The second-order valence-corrected chi connectivity index (χ2v) is 3.98. The predicted molar refractivity (Wildman–Crippen MR) is 69.6 cm³/mol. The number of hydrogen-bond donors (Lipinski definition) is 1. The van der Waals surface area contributed by atoms with E-state index in [2.05, 4.69) is 0 Å². The van der Waals surface area contributed by atoms with Gasteiger partial charge in [-0.1, -0.05) is 18.5 Å². The third kappa shape index (κ3) is 4.26. The van der Waals surface area contributed by atoms with Crippen LogP contribution in [0.3, 0.4) is 0 Å². The fourth-order valence-corrected chi connectivity index (χ4v) is 1.56. The molecule has 1 rings (SSSR count). The summed E-state index contributed by atoms with van der Waals surface area (Å²) in [6.07, 6.45) is 1.81. The zero-order valence-corrected chi connectivity index (χ0v) is 10.9. The topological polar surface area (TPSA) is 89.7 Å². The van der Waals surface area contributed by atoms with Gasteiger partial charge in [-0.3, -0.25) is 10.1 Å². The number of hydrogen-bond acceptors (Lipinski definition) is 4. The molecule has 0 spiro atoms. The van der Waals surface area contributed by atoms with Crippen molar-refractivity contribution in [1.29, 1.82) is 0 Å². The molecule has 1 N–H and O–H groups in total. The minimum absolute atomic E-state index is 0.0347. The molecule has 0 amide bonds. The molecule has 0 bridgehead atoms. The van der Waals surface area contributed by atoms with Crippen molar-refractivity contribution in [2.75, 3.05) is 6.61 Å². The van der Waals surface area contributed by atoms with Gasteiger partial charge in [-0.2, -0.15) is 0 Å². The third-order valence-electron chi connectivity index (χ3n) is 2.35. The normalized spacial score (nSPS) is 11.2. The molecule has 7 heteroatoms. The molecule has 1 aromatic carbocycles. The van der Waals surface area contributed by atoms with Crippen LogP contribution in [-0.4, -0.2) is 22.6 Å². The maximum atomic E-state index is 10.7. The van der Waals surface area contributed by atoms with Crippen molar-refractivity contribution in [3.63, 3.8) is 0 Å². The summed E-state index contributed by atoms with van der Waals surface area (Å²) >= 11 is 5.82. The number of rotatable bonds is 6. The fraction of sp³-hybridized carbons (Fsp3) is 0.250. The highest BCUT2D eigenvalue weighted by Crippen LogP contribution is 2.28. The highest BCUT2D eigenvalue weighted by atomic mass is 35.5. The second kappa shape index (κ2) is 6.75. The first kappa shape index (κ1) is 15.0. The van der Waals surface area contributed by atoms with Gasteiger partial charge in [0.2, 0.25) is 0 Å². The molecular formula is C12H12ClNO5. The number of nitro benzene ring substituents is 1. The summed E-state index contributed by atoms with van der Waals surface area (Å²) in [5.41, 5.74) is 0.103. The van der Waals surface area contributed by atoms with Crippen LogP contribution in [0.4, 0.5) is 5.69 Å². The van der Waals surface area contributed by atoms with Crippen LogP contribution >= 0.6 is 11.6 Å². The highest BCUT2D eigenvalue weighted by molar-refractivity contribution is 6.32. The molecule has 0 heterocycles. The van der Waals surface area contributed by atoms with Gasteiger partial charge in [-0.15, -0.1) is 0 Å². The third-order valence-corrected chi connectivity index (χ3v) is 2.65. The van der Waals surface area contributed by atoms with Crippen LogP contribution in [0.25, 0.3) is 0 Å². The molecule has 6 nitrogen and oxygen atoms in total. The lowest BCUT2D eigenvalue weighted by atomic mass is 10.2. The van der Waals surface area contributed by atoms with Crippen molar-refractivity contribution < 1.29 is 19.6 Å². The number of benzene rings is 1. The maximum absolute atomic E-state index is 10.7. The summed E-state index contributed by atoms with van der Waals surface area (Å²) in [5, 5.41) is 19.4. The van der Waals surface area contributed by atoms with Gasteiger partial charge in [0, 0.05) is 17.7 Å². The van der Waals surface area contributed by atoms with E-state index in [1.807, 2.05) is 0 Å². The standard InChI is InChI=1S/C12H12ClNO5/c1-2-8(12(15)16)5-6-19-11-4-3-9(14(17)18)7-10(11)13/h3-5,7H,2,6H2,1H3,(H,15,16). The van der Waals surface area contributed by atoms with Crippen molar-refractivity contribution in [2.45, 2.75) is 13.3 Å². The second-order valence-electron chi connectivity index (χ2n) is 3.57. The predicted octanol–water partition coefficient (Wildman–Crippen LogP) is 3.05. The Morgan fingerprint density at radius 2 is 2.26 bits per heavy atom. The average Bonchev–Trinajstić information content (AvgIpc) is 2.35. The molecule has 0 aliphatic heterocycles. The van der Waals surface area contributed by atoms with Gasteiger partial charge < -0.3 is 9.84 Å². The molecule has 0 aliphatic carbocycles. The number of carbonyl (C=O) groups is 1. The Morgan fingerprint density at radius 1 is 1.58 bits per heavy atom. The van der Waals surface area contributed by atoms with Gasteiger partial charge >= 0.3 is 5.97 Å². The molecular weight excluding hydrogens is 274 g/mol. The molecule has 0 aliphatic rings. The number of ether oxygens (including phenoxy) is 1. The van der Waals surface area contributed by atoms with Crippen LogP contribution in [0, 0.1) is 10.1 Å². The van der Waals surface area contributed by atoms with Gasteiger partial charge in [0.05, 0.1) is 9.95 Å². The van der Waals surface area contributed by atoms with E-state index in [0.29, 0.717) is 6.42 Å². The van der Waals surface area contributed by atoms with Gasteiger partial charge in [-0.25, -0.2) is 4.79 Å². The molecule has 1 aromatic rings. The Kier molecular flexibility index (Phi) is 5.32. The molecule has 19 heavy (non-hydrogen) atoms. The van der Waals surface area contributed by atoms with Crippen LogP contribution in [-0.2, 0) is 4.79 Å². The summed E-state index contributed by atoms with van der Waals surface area (Å²) < 4.78 is 5.26. The summed E-state index contributed by atoms with van der Waals surface area (Å²) in [4.78, 5) is 20.7. The molecule has 102 valence electrons. The van der Waals surface area contributed by atoms with Crippen molar-refractivity contribution in [3.8, 4) is 5.75 Å². The van der Waals surface area contributed by atoms with E-state index in [-0.39, 0.29) is 28.6 Å². The molecule has 0 saturated heterocycles. The van der Waals surface area contributed by atoms with Crippen molar-refractivity contribution in [3.05, 3.63) is 45.0 Å².